The molecule has 0 saturated carbocycles. The van der Waals surface area contributed by atoms with Gasteiger partial charge in [0.25, 0.3) is 0 Å². The minimum atomic E-state index is -0.0653. The largest absolute Gasteiger partial charge is 0.490 e. The summed E-state index contributed by atoms with van der Waals surface area (Å²) in [5, 5.41) is 3.58. The molecule has 0 aliphatic rings. The van der Waals surface area contributed by atoms with Gasteiger partial charge in [-0.1, -0.05) is 54.1 Å². The number of aryl methyl sites for hydroxylation is 1. The summed E-state index contributed by atoms with van der Waals surface area (Å²) in [6.45, 7) is 0.858. The monoisotopic (exact) mass is 395 g/mol. The Morgan fingerprint density at radius 1 is 0.821 bits per heavy atom. The van der Waals surface area contributed by atoms with Crippen LogP contribution >= 0.6 is 11.6 Å². The predicted molar refractivity (Wildman–Crippen MR) is 112 cm³/mol. The highest BCUT2D eigenvalue weighted by Crippen LogP contribution is 2.19. The third kappa shape index (κ3) is 6.32. The minimum Gasteiger partial charge on any atom is -0.490 e. The van der Waals surface area contributed by atoms with Crippen LogP contribution in [0.5, 0.6) is 11.5 Å². The first-order valence-electron chi connectivity index (χ1n) is 9.15. The zero-order chi connectivity index (χ0) is 19.6. The second kappa shape index (κ2) is 10.4. The number of para-hydroxylation sites is 1. The maximum atomic E-state index is 12.2. The molecule has 0 unspecified atom stereocenters. The van der Waals surface area contributed by atoms with E-state index in [4.69, 9.17) is 21.1 Å². The SMILES string of the molecule is O=C(CCc1ccccc1Cl)Nc1cccc(OCCOc2ccccc2)c1. The first-order valence-corrected chi connectivity index (χ1v) is 9.52. The molecule has 0 saturated heterocycles. The van der Waals surface area contributed by atoms with Crippen molar-refractivity contribution in [3.05, 3.63) is 89.4 Å². The number of nitrogens with one attached hydrogen (secondary N) is 1. The molecule has 1 N–H and O–H groups in total. The van der Waals surface area contributed by atoms with E-state index in [0.29, 0.717) is 42.5 Å². The molecule has 0 atom stereocenters. The van der Waals surface area contributed by atoms with E-state index in [1.54, 1.807) is 6.07 Å². The van der Waals surface area contributed by atoms with E-state index < -0.39 is 0 Å². The lowest BCUT2D eigenvalue weighted by atomic mass is 10.1. The lowest BCUT2D eigenvalue weighted by Crippen LogP contribution is -2.13. The topological polar surface area (TPSA) is 47.6 Å². The van der Waals surface area contributed by atoms with Crippen LogP contribution < -0.4 is 14.8 Å². The first-order chi connectivity index (χ1) is 13.7. The molecule has 0 fully saturated rings. The van der Waals surface area contributed by atoms with E-state index in [1.165, 1.54) is 0 Å². The summed E-state index contributed by atoms with van der Waals surface area (Å²) >= 11 is 6.13. The van der Waals surface area contributed by atoms with Crippen LogP contribution in [-0.4, -0.2) is 19.1 Å². The van der Waals surface area contributed by atoms with Gasteiger partial charge in [0.2, 0.25) is 5.91 Å². The van der Waals surface area contributed by atoms with Gasteiger partial charge in [0.1, 0.15) is 24.7 Å². The van der Waals surface area contributed by atoms with E-state index in [1.807, 2.05) is 72.8 Å². The Labute approximate surface area is 170 Å². The van der Waals surface area contributed by atoms with Crippen molar-refractivity contribution in [1.29, 1.82) is 0 Å². The average molecular weight is 396 g/mol. The molecule has 144 valence electrons. The Kier molecular flexibility index (Phi) is 7.33. The molecule has 28 heavy (non-hydrogen) atoms. The molecular formula is C23H22ClNO3. The first kappa shape index (κ1) is 19.8. The number of carbonyl (C=O) groups excluding carboxylic acids is 1. The Balaban J connectivity index is 1.43. The second-order valence-electron chi connectivity index (χ2n) is 6.18. The normalized spacial score (nSPS) is 10.3. The standard InChI is InChI=1S/C23H22ClNO3/c24-22-12-5-4-7-18(22)13-14-23(26)25-19-8-6-11-21(17-19)28-16-15-27-20-9-2-1-3-10-20/h1-12,17H,13-16H2,(H,25,26). The van der Waals surface area contributed by atoms with Gasteiger partial charge in [-0.15, -0.1) is 0 Å². The van der Waals surface area contributed by atoms with Gasteiger partial charge in [-0.05, 0) is 42.3 Å². The van der Waals surface area contributed by atoms with Crippen LogP contribution in [0.25, 0.3) is 0 Å². The molecule has 4 nitrogen and oxygen atoms in total. The Morgan fingerprint density at radius 3 is 2.29 bits per heavy atom. The van der Waals surface area contributed by atoms with Gasteiger partial charge in [-0.2, -0.15) is 0 Å². The molecule has 1 amide bonds. The molecule has 0 radical (unpaired) electrons. The summed E-state index contributed by atoms with van der Waals surface area (Å²) in [5.74, 6) is 1.43. The summed E-state index contributed by atoms with van der Waals surface area (Å²) in [6, 6.07) is 24.5. The summed E-state index contributed by atoms with van der Waals surface area (Å²) < 4.78 is 11.3. The van der Waals surface area contributed by atoms with Gasteiger partial charge in [0, 0.05) is 23.2 Å². The molecule has 3 aromatic rings. The zero-order valence-electron chi connectivity index (χ0n) is 15.4. The zero-order valence-corrected chi connectivity index (χ0v) is 16.2. The summed E-state index contributed by atoms with van der Waals surface area (Å²) in [4.78, 5) is 12.2. The third-order valence-corrected chi connectivity index (χ3v) is 4.43. The molecule has 3 aromatic carbocycles. The highest BCUT2D eigenvalue weighted by Gasteiger charge is 2.06. The molecular weight excluding hydrogens is 374 g/mol. The summed E-state index contributed by atoms with van der Waals surface area (Å²) in [6.07, 6.45) is 0.957. The number of benzene rings is 3. The second-order valence-corrected chi connectivity index (χ2v) is 6.58. The summed E-state index contributed by atoms with van der Waals surface area (Å²) in [5.41, 5.74) is 1.67. The van der Waals surface area contributed by atoms with Gasteiger partial charge in [0.15, 0.2) is 0 Å². The van der Waals surface area contributed by atoms with Crippen molar-refractivity contribution in [2.75, 3.05) is 18.5 Å². The fourth-order valence-electron chi connectivity index (χ4n) is 2.67. The van der Waals surface area contributed by atoms with E-state index in [-0.39, 0.29) is 5.91 Å². The third-order valence-electron chi connectivity index (χ3n) is 4.06. The van der Waals surface area contributed by atoms with Crippen molar-refractivity contribution < 1.29 is 14.3 Å². The predicted octanol–water partition coefficient (Wildman–Crippen LogP) is 5.37. The van der Waals surface area contributed by atoms with Crippen LogP contribution in [0, 0.1) is 0 Å². The quantitative estimate of drug-likeness (QED) is 0.495. The van der Waals surface area contributed by atoms with E-state index in [9.17, 15) is 4.79 Å². The Bertz CT molecular complexity index is 899. The van der Waals surface area contributed by atoms with Crippen LogP contribution in [0.1, 0.15) is 12.0 Å². The highest BCUT2D eigenvalue weighted by atomic mass is 35.5. The maximum absolute atomic E-state index is 12.2. The smallest absolute Gasteiger partial charge is 0.224 e. The van der Waals surface area contributed by atoms with Crippen molar-refractivity contribution >= 4 is 23.2 Å². The van der Waals surface area contributed by atoms with Crippen LogP contribution in [0.2, 0.25) is 5.02 Å². The molecule has 0 spiro atoms. The minimum absolute atomic E-state index is 0.0653. The fraction of sp³-hybridized carbons (Fsp3) is 0.174. The van der Waals surface area contributed by atoms with Crippen LogP contribution in [0.4, 0.5) is 5.69 Å². The van der Waals surface area contributed by atoms with Crippen molar-refractivity contribution in [2.45, 2.75) is 12.8 Å². The van der Waals surface area contributed by atoms with Crippen molar-refractivity contribution in [3.8, 4) is 11.5 Å². The molecule has 0 aromatic heterocycles. The lowest BCUT2D eigenvalue weighted by molar-refractivity contribution is -0.116. The number of anilines is 1. The average Bonchev–Trinajstić information content (AvgIpc) is 2.72. The van der Waals surface area contributed by atoms with Crippen molar-refractivity contribution in [2.24, 2.45) is 0 Å². The van der Waals surface area contributed by atoms with Gasteiger partial charge in [0.05, 0.1) is 0 Å². The number of halogens is 1. The Hall–Kier alpha value is -2.98. The van der Waals surface area contributed by atoms with Crippen LogP contribution in [0.3, 0.4) is 0 Å². The number of amides is 1. The lowest BCUT2D eigenvalue weighted by Gasteiger charge is -2.10. The number of ether oxygens (including phenoxy) is 2. The fourth-order valence-corrected chi connectivity index (χ4v) is 2.90. The summed E-state index contributed by atoms with van der Waals surface area (Å²) in [7, 11) is 0. The van der Waals surface area contributed by atoms with E-state index in [0.717, 1.165) is 11.3 Å². The number of carbonyl (C=O) groups is 1. The van der Waals surface area contributed by atoms with Gasteiger partial charge in [-0.25, -0.2) is 0 Å². The highest BCUT2D eigenvalue weighted by molar-refractivity contribution is 6.31. The van der Waals surface area contributed by atoms with E-state index in [2.05, 4.69) is 5.32 Å². The number of rotatable bonds is 9. The molecule has 0 heterocycles. The van der Waals surface area contributed by atoms with Crippen molar-refractivity contribution in [1.82, 2.24) is 0 Å². The molecule has 0 bridgehead atoms. The Morgan fingerprint density at radius 2 is 1.50 bits per heavy atom. The molecule has 5 heteroatoms. The van der Waals surface area contributed by atoms with Gasteiger partial charge < -0.3 is 14.8 Å². The maximum Gasteiger partial charge on any atom is 0.224 e. The van der Waals surface area contributed by atoms with Gasteiger partial charge >= 0.3 is 0 Å². The van der Waals surface area contributed by atoms with Crippen LogP contribution in [-0.2, 0) is 11.2 Å². The number of hydrogen-bond acceptors (Lipinski definition) is 3. The molecule has 3 rings (SSSR count). The van der Waals surface area contributed by atoms with E-state index >= 15 is 0 Å². The van der Waals surface area contributed by atoms with Crippen molar-refractivity contribution in [3.63, 3.8) is 0 Å². The molecule has 0 aliphatic carbocycles. The van der Waals surface area contributed by atoms with Gasteiger partial charge in [-0.3, -0.25) is 4.79 Å². The van der Waals surface area contributed by atoms with Crippen LogP contribution in [0.15, 0.2) is 78.9 Å². The number of hydrogen-bond donors (Lipinski definition) is 1. The molecule has 0 aliphatic heterocycles.